The third-order valence-corrected chi connectivity index (χ3v) is 3.47. The lowest BCUT2D eigenvalue weighted by molar-refractivity contribution is -0.0153. The van der Waals surface area contributed by atoms with Gasteiger partial charge < -0.3 is 14.5 Å². The first-order valence-electron chi connectivity index (χ1n) is 6.92. The van der Waals surface area contributed by atoms with Crippen LogP contribution >= 0.6 is 0 Å². The van der Waals surface area contributed by atoms with Gasteiger partial charge in [0, 0.05) is 24.7 Å². The number of hydrogen-bond donors (Lipinski definition) is 1. The number of rotatable bonds is 6. The van der Waals surface area contributed by atoms with Gasteiger partial charge in [0.15, 0.2) is 0 Å². The summed E-state index contributed by atoms with van der Waals surface area (Å²) in [6.07, 6.45) is 2.99. The zero-order valence-corrected chi connectivity index (χ0v) is 11.4. The molecular weight excluding hydrogens is 228 g/mol. The number of nitrogens with one attached hydrogen (secondary N) is 1. The molecule has 18 heavy (non-hydrogen) atoms. The maximum Gasteiger partial charge on any atom is 0.118 e. The van der Waals surface area contributed by atoms with Crippen molar-refractivity contribution in [3.63, 3.8) is 0 Å². The van der Waals surface area contributed by atoms with E-state index in [0.717, 1.165) is 51.6 Å². The molecule has 2 rings (SSSR count). The van der Waals surface area contributed by atoms with E-state index in [0.29, 0.717) is 6.04 Å². The van der Waals surface area contributed by atoms with Gasteiger partial charge in [0.25, 0.3) is 0 Å². The van der Waals surface area contributed by atoms with Crippen molar-refractivity contribution in [1.82, 2.24) is 10.2 Å². The molecule has 1 aromatic rings. The maximum absolute atomic E-state index is 5.63. The fourth-order valence-electron chi connectivity index (χ4n) is 2.34. The predicted molar refractivity (Wildman–Crippen MR) is 71.4 cm³/mol. The smallest absolute Gasteiger partial charge is 0.118 e. The first kappa shape index (κ1) is 13.6. The van der Waals surface area contributed by atoms with E-state index >= 15 is 0 Å². The Balaban J connectivity index is 1.89. The zero-order chi connectivity index (χ0) is 12.8. The van der Waals surface area contributed by atoms with Crippen LogP contribution in [-0.4, -0.2) is 37.2 Å². The van der Waals surface area contributed by atoms with Gasteiger partial charge >= 0.3 is 0 Å². The van der Waals surface area contributed by atoms with E-state index in [2.05, 4.69) is 30.1 Å². The van der Waals surface area contributed by atoms with Crippen molar-refractivity contribution < 1.29 is 9.15 Å². The Kier molecular flexibility index (Phi) is 5.23. The SMILES string of the molecule is CCNCc1coc(CN2CCOCC2CC)c1. The second-order valence-corrected chi connectivity index (χ2v) is 4.81. The van der Waals surface area contributed by atoms with Crippen molar-refractivity contribution in [2.75, 3.05) is 26.3 Å². The molecule has 0 radical (unpaired) electrons. The third kappa shape index (κ3) is 3.57. The third-order valence-electron chi connectivity index (χ3n) is 3.47. The molecule has 1 atom stereocenters. The highest BCUT2D eigenvalue weighted by molar-refractivity contribution is 5.12. The summed E-state index contributed by atoms with van der Waals surface area (Å²) in [6, 6.07) is 2.69. The maximum atomic E-state index is 5.63. The molecular formula is C14H24N2O2. The van der Waals surface area contributed by atoms with Crippen LogP contribution in [0.3, 0.4) is 0 Å². The van der Waals surface area contributed by atoms with E-state index in [1.165, 1.54) is 5.56 Å². The quantitative estimate of drug-likeness (QED) is 0.840. The molecule has 1 fully saturated rings. The van der Waals surface area contributed by atoms with Gasteiger partial charge in [-0.2, -0.15) is 0 Å². The molecule has 2 heterocycles. The average Bonchev–Trinajstić information content (AvgIpc) is 2.84. The lowest BCUT2D eigenvalue weighted by Gasteiger charge is -2.34. The Labute approximate surface area is 109 Å². The van der Waals surface area contributed by atoms with Gasteiger partial charge in [0.2, 0.25) is 0 Å². The minimum absolute atomic E-state index is 0.529. The first-order chi connectivity index (χ1) is 8.83. The molecule has 1 unspecified atom stereocenters. The summed E-state index contributed by atoms with van der Waals surface area (Å²) in [5.41, 5.74) is 1.23. The molecule has 1 aliphatic rings. The van der Waals surface area contributed by atoms with Crippen LogP contribution in [0, 0.1) is 0 Å². The molecule has 0 aromatic carbocycles. The molecule has 1 saturated heterocycles. The van der Waals surface area contributed by atoms with Crippen LogP contribution in [0.2, 0.25) is 0 Å². The van der Waals surface area contributed by atoms with Crippen molar-refractivity contribution >= 4 is 0 Å². The van der Waals surface area contributed by atoms with Gasteiger partial charge in [-0.15, -0.1) is 0 Å². The largest absolute Gasteiger partial charge is 0.468 e. The molecule has 0 amide bonds. The summed E-state index contributed by atoms with van der Waals surface area (Å²) >= 11 is 0. The lowest BCUT2D eigenvalue weighted by atomic mass is 10.1. The number of furan rings is 1. The molecule has 1 aliphatic heterocycles. The van der Waals surface area contributed by atoms with Crippen LogP contribution in [0.25, 0.3) is 0 Å². The molecule has 0 spiro atoms. The van der Waals surface area contributed by atoms with Crippen molar-refractivity contribution in [3.05, 3.63) is 23.7 Å². The van der Waals surface area contributed by atoms with Crippen LogP contribution in [0.5, 0.6) is 0 Å². The zero-order valence-electron chi connectivity index (χ0n) is 11.4. The molecule has 1 aromatic heterocycles. The fourth-order valence-corrected chi connectivity index (χ4v) is 2.34. The van der Waals surface area contributed by atoms with Crippen LogP contribution in [-0.2, 0) is 17.8 Å². The van der Waals surface area contributed by atoms with Gasteiger partial charge in [-0.3, -0.25) is 4.90 Å². The molecule has 0 bridgehead atoms. The van der Waals surface area contributed by atoms with Crippen LogP contribution in [0.4, 0.5) is 0 Å². The second kappa shape index (κ2) is 6.92. The summed E-state index contributed by atoms with van der Waals surface area (Å²) < 4.78 is 11.2. The van der Waals surface area contributed by atoms with E-state index in [1.807, 2.05) is 6.26 Å². The predicted octanol–water partition coefficient (Wildman–Crippen LogP) is 2.00. The Morgan fingerprint density at radius 1 is 1.44 bits per heavy atom. The van der Waals surface area contributed by atoms with Gasteiger partial charge in [-0.05, 0) is 19.0 Å². The number of nitrogens with zero attached hydrogens (tertiary/aromatic N) is 1. The van der Waals surface area contributed by atoms with E-state index in [-0.39, 0.29) is 0 Å². The lowest BCUT2D eigenvalue weighted by Crippen LogP contribution is -2.44. The summed E-state index contributed by atoms with van der Waals surface area (Å²) in [5, 5.41) is 3.31. The normalized spacial score (nSPS) is 21.3. The monoisotopic (exact) mass is 252 g/mol. The van der Waals surface area contributed by atoms with Crippen molar-refractivity contribution in [3.8, 4) is 0 Å². The number of ether oxygens (including phenoxy) is 1. The highest BCUT2D eigenvalue weighted by Crippen LogP contribution is 2.16. The first-order valence-corrected chi connectivity index (χ1v) is 6.92. The molecule has 4 nitrogen and oxygen atoms in total. The van der Waals surface area contributed by atoms with E-state index < -0.39 is 0 Å². The van der Waals surface area contributed by atoms with Crippen LogP contribution < -0.4 is 5.32 Å². The molecule has 4 heteroatoms. The summed E-state index contributed by atoms with van der Waals surface area (Å²) in [6.45, 7) is 9.78. The number of hydrogen-bond acceptors (Lipinski definition) is 4. The Morgan fingerprint density at radius 3 is 3.11 bits per heavy atom. The van der Waals surface area contributed by atoms with Gasteiger partial charge in [-0.1, -0.05) is 13.8 Å². The standard InChI is InChI=1S/C14H24N2O2/c1-3-13-11-17-6-5-16(13)9-14-7-12(10-18-14)8-15-4-2/h7,10,13,15H,3-6,8-9,11H2,1-2H3. The van der Waals surface area contributed by atoms with Crippen molar-refractivity contribution in [2.45, 2.75) is 39.4 Å². The highest BCUT2D eigenvalue weighted by Gasteiger charge is 2.22. The summed E-state index contributed by atoms with van der Waals surface area (Å²) in [4.78, 5) is 2.46. The Bertz CT molecular complexity index is 351. The van der Waals surface area contributed by atoms with Crippen LogP contribution in [0.15, 0.2) is 16.7 Å². The van der Waals surface area contributed by atoms with E-state index in [4.69, 9.17) is 9.15 Å². The Hall–Kier alpha value is -0.840. The second-order valence-electron chi connectivity index (χ2n) is 4.81. The number of morpholine rings is 1. The highest BCUT2D eigenvalue weighted by atomic mass is 16.5. The average molecular weight is 252 g/mol. The molecule has 0 saturated carbocycles. The van der Waals surface area contributed by atoms with Crippen molar-refractivity contribution in [1.29, 1.82) is 0 Å². The van der Waals surface area contributed by atoms with E-state index in [1.54, 1.807) is 0 Å². The Morgan fingerprint density at radius 2 is 2.33 bits per heavy atom. The van der Waals surface area contributed by atoms with Gasteiger partial charge in [-0.25, -0.2) is 0 Å². The summed E-state index contributed by atoms with van der Waals surface area (Å²) in [5.74, 6) is 1.06. The van der Waals surface area contributed by atoms with Gasteiger partial charge in [0.05, 0.1) is 26.0 Å². The van der Waals surface area contributed by atoms with E-state index in [9.17, 15) is 0 Å². The molecule has 0 aliphatic carbocycles. The minimum Gasteiger partial charge on any atom is -0.468 e. The summed E-state index contributed by atoms with van der Waals surface area (Å²) in [7, 11) is 0. The molecule has 102 valence electrons. The fraction of sp³-hybridized carbons (Fsp3) is 0.714. The van der Waals surface area contributed by atoms with Crippen LogP contribution in [0.1, 0.15) is 31.6 Å². The molecule has 1 N–H and O–H groups in total. The van der Waals surface area contributed by atoms with Gasteiger partial charge in [0.1, 0.15) is 5.76 Å². The topological polar surface area (TPSA) is 37.6 Å². The van der Waals surface area contributed by atoms with Crippen molar-refractivity contribution in [2.24, 2.45) is 0 Å². The minimum atomic E-state index is 0.529.